The summed E-state index contributed by atoms with van der Waals surface area (Å²) in [5, 5.41) is 6.84. The quantitative estimate of drug-likeness (QED) is 0.654. The molecule has 2 N–H and O–H groups in total. The molecule has 3 nitrogen and oxygen atoms in total. The molecule has 0 aliphatic carbocycles. The predicted octanol–water partition coefficient (Wildman–Crippen LogP) is 1.39. The standard InChI is InChI=1S/C11H26N2O/c1-9(2)12-7-10(3)13-8-11(4,5)14-6/h9-10,12-13H,7-8H2,1-6H3. The summed E-state index contributed by atoms with van der Waals surface area (Å²) in [6.07, 6.45) is 0. The maximum atomic E-state index is 5.33. The molecule has 0 heterocycles. The van der Waals surface area contributed by atoms with Crippen LogP contribution in [-0.2, 0) is 4.74 Å². The van der Waals surface area contributed by atoms with Crippen molar-refractivity contribution in [1.29, 1.82) is 0 Å². The fourth-order valence-corrected chi connectivity index (χ4v) is 0.977. The smallest absolute Gasteiger partial charge is 0.0746 e. The third-order valence-corrected chi connectivity index (χ3v) is 2.26. The van der Waals surface area contributed by atoms with Gasteiger partial charge in [0.1, 0.15) is 0 Å². The number of ether oxygens (including phenoxy) is 1. The van der Waals surface area contributed by atoms with Crippen molar-refractivity contribution in [3.63, 3.8) is 0 Å². The first kappa shape index (κ1) is 13.9. The summed E-state index contributed by atoms with van der Waals surface area (Å²) in [6.45, 7) is 12.5. The minimum Gasteiger partial charge on any atom is -0.377 e. The molecule has 0 spiro atoms. The molecule has 0 aliphatic heterocycles. The van der Waals surface area contributed by atoms with Gasteiger partial charge in [-0.05, 0) is 20.8 Å². The summed E-state index contributed by atoms with van der Waals surface area (Å²) in [5.74, 6) is 0. The van der Waals surface area contributed by atoms with E-state index in [0.717, 1.165) is 13.1 Å². The Morgan fingerprint density at radius 1 is 1.14 bits per heavy atom. The van der Waals surface area contributed by atoms with Crippen molar-refractivity contribution >= 4 is 0 Å². The van der Waals surface area contributed by atoms with Crippen LogP contribution in [0.15, 0.2) is 0 Å². The molecule has 14 heavy (non-hydrogen) atoms. The largest absolute Gasteiger partial charge is 0.377 e. The van der Waals surface area contributed by atoms with Crippen molar-refractivity contribution in [2.75, 3.05) is 20.2 Å². The number of hydrogen-bond acceptors (Lipinski definition) is 3. The molecule has 0 radical (unpaired) electrons. The Kier molecular flexibility index (Phi) is 6.33. The van der Waals surface area contributed by atoms with Crippen molar-refractivity contribution < 1.29 is 4.74 Å². The van der Waals surface area contributed by atoms with Crippen LogP contribution in [0.2, 0.25) is 0 Å². The number of methoxy groups -OCH3 is 1. The fraction of sp³-hybridized carbons (Fsp3) is 1.00. The van der Waals surface area contributed by atoms with E-state index in [4.69, 9.17) is 4.74 Å². The Labute approximate surface area is 88.6 Å². The average Bonchev–Trinajstić information content (AvgIpc) is 2.11. The summed E-state index contributed by atoms with van der Waals surface area (Å²) >= 11 is 0. The summed E-state index contributed by atoms with van der Waals surface area (Å²) in [7, 11) is 1.75. The first-order chi connectivity index (χ1) is 6.37. The van der Waals surface area contributed by atoms with E-state index in [2.05, 4.69) is 45.3 Å². The van der Waals surface area contributed by atoms with Crippen molar-refractivity contribution in [3.05, 3.63) is 0 Å². The van der Waals surface area contributed by atoms with Crippen LogP contribution in [-0.4, -0.2) is 37.9 Å². The maximum absolute atomic E-state index is 5.33. The SMILES string of the molecule is COC(C)(C)CNC(C)CNC(C)C. The molecule has 0 aromatic carbocycles. The van der Waals surface area contributed by atoms with Gasteiger partial charge in [0.15, 0.2) is 0 Å². The second-order valence-electron chi connectivity index (χ2n) is 4.81. The van der Waals surface area contributed by atoms with Crippen LogP contribution in [0.4, 0.5) is 0 Å². The Hall–Kier alpha value is -0.120. The highest BCUT2D eigenvalue weighted by Gasteiger charge is 2.16. The molecule has 0 aliphatic rings. The molecule has 0 rings (SSSR count). The predicted molar refractivity (Wildman–Crippen MR) is 61.7 cm³/mol. The van der Waals surface area contributed by atoms with Crippen LogP contribution in [0.5, 0.6) is 0 Å². The average molecular weight is 202 g/mol. The van der Waals surface area contributed by atoms with Gasteiger partial charge in [-0.3, -0.25) is 0 Å². The van der Waals surface area contributed by atoms with Crippen molar-refractivity contribution in [2.24, 2.45) is 0 Å². The van der Waals surface area contributed by atoms with Crippen molar-refractivity contribution in [1.82, 2.24) is 10.6 Å². The van der Waals surface area contributed by atoms with Crippen LogP contribution in [0.3, 0.4) is 0 Å². The number of nitrogens with one attached hydrogen (secondary N) is 2. The van der Waals surface area contributed by atoms with E-state index in [1.54, 1.807) is 7.11 Å². The van der Waals surface area contributed by atoms with Gasteiger partial charge in [0.05, 0.1) is 5.60 Å². The number of hydrogen-bond donors (Lipinski definition) is 2. The molecular formula is C11H26N2O. The van der Waals surface area contributed by atoms with Gasteiger partial charge in [0.25, 0.3) is 0 Å². The molecule has 0 fully saturated rings. The van der Waals surface area contributed by atoms with Crippen LogP contribution in [0, 0.1) is 0 Å². The van der Waals surface area contributed by atoms with Gasteiger partial charge in [0.2, 0.25) is 0 Å². The van der Waals surface area contributed by atoms with Gasteiger partial charge in [-0.15, -0.1) is 0 Å². The Balaban J connectivity index is 3.58. The highest BCUT2D eigenvalue weighted by atomic mass is 16.5. The minimum atomic E-state index is -0.0773. The van der Waals surface area contributed by atoms with Gasteiger partial charge in [-0.25, -0.2) is 0 Å². The third kappa shape index (κ3) is 7.30. The fourth-order valence-electron chi connectivity index (χ4n) is 0.977. The summed E-state index contributed by atoms with van der Waals surface area (Å²) in [6, 6.07) is 1.03. The Bertz CT molecular complexity index is 146. The van der Waals surface area contributed by atoms with E-state index in [9.17, 15) is 0 Å². The highest BCUT2D eigenvalue weighted by Crippen LogP contribution is 2.04. The van der Waals surface area contributed by atoms with Crippen molar-refractivity contribution in [2.45, 2.75) is 52.3 Å². The molecule has 86 valence electrons. The molecule has 0 aromatic heterocycles. The van der Waals surface area contributed by atoms with E-state index < -0.39 is 0 Å². The summed E-state index contributed by atoms with van der Waals surface area (Å²) in [4.78, 5) is 0. The zero-order valence-electron chi connectivity index (χ0n) is 10.5. The van der Waals surface area contributed by atoms with Gasteiger partial charge in [-0.1, -0.05) is 13.8 Å². The Morgan fingerprint density at radius 2 is 1.71 bits per heavy atom. The molecule has 0 saturated carbocycles. The lowest BCUT2D eigenvalue weighted by Crippen LogP contribution is -2.45. The van der Waals surface area contributed by atoms with E-state index in [1.807, 2.05) is 0 Å². The molecule has 0 aromatic rings. The van der Waals surface area contributed by atoms with Gasteiger partial charge >= 0.3 is 0 Å². The topological polar surface area (TPSA) is 33.3 Å². The van der Waals surface area contributed by atoms with Gasteiger partial charge < -0.3 is 15.4 Å². The van der Waals surface area contributed by atoms with Crippen LogP contribution < -0.4 is 10.6 Å². The van der Waals surface area contributed by atoms with Gasteiger partial charge in [0, 0.05) is 32.3 Å². The molecule has 0 saturated heterocycles. The summed E-state index contributed by atoms with van der Waals surface area (Å²) < 4.78 is 5.33. The third-order valence-electron chi connectivity index (χ3n) is 2.26. The lowest BCUT2D eigenvalue weighted by atomic mass is 10.1. The first-order valence-electron chi connectivity index (χ1n) is 5.39. The molecular weight excluding hydrogens is 176 g/mol. The van der Waals surface area contributed by atoms with E-state index in [1.165, 1.54) is 0 Å². The summed E-state index contributed by atoms with van der Waals surface area (Å²) in [5.41, 5.74) is -0.0773. The molecule has 1 atom stereocenters. The van der Waals surface area contributed by atoms with Crippen molar-refractivity contribution in [3.8, 4) is 0 Å². The van der Waals surface area contributed by atoms with E-state index >= 15 is 0 Å². The second kappa shape index (κ2) is 6.38. The highest BCUT2D eigenvalue weighted by molar-refractivity contribution is 4.75. The van der Waals surface area contributed by atoms with E-state index in [-0.39, 0.29) is 5.60 Å². The lowest BCUT2D eigenvalue weighted by molar-refractivity contribution is 0.0214. The van der Waals surface area contributed by atoms with Crippen LogP contribution >= 0.6 is 0 Å². The maximum Gasteiger partial charge on any atom is 0.0746 e. The molecule has 0 bridgehead atoms. The zero-order chi connectivity index (χ0) is 11.2. The lowest BCUT2D eigenvalue weighted by Gasteiger charge is -2.26. The number of rotatable bonds is 7. The first-order valence-corrected chi connectivity index (χ1v) is 5.39. The zero-order valence-corrected chi connectivity index (χ0v) is 10.5. The van der Waals surface area contributed by atoms with Crippen LogP contribution in [0.1, 0.15) is 34.6 Å². The molecule has 1 unspecified atom stereocenters. The van der Waals surface area contributed by atoms with Crippen LogP contribution in [0.25, 0.3) is 0 Å². The molecule has 3 heteroatoms. The monoisotopic (exact) mass is 202 g/mol. The minimum absolute atomic E-state index is 0.0773. The van der Waals surface area contributed by atoms with Gasteiger partial charge in [-0.2, -0.15) is 0 Å². The molecule has 0 amide bonds. The Morgan fingerprint density at radius 3 is 2.14 bits per heavy atom. The van der Waals surface area contributed by atoms with E-state index in [0.29, 0.717) is 12.1 Å². The second-order valence-corrected chi connectivity index (χ2v) is 4.81. The normalized spacial score (nSPS) is 14.8.